The molecule has 0 aliphatic rings. The molecule has 0 fully saturated rings. The fraction of sp³-hybridized carbons (Fsp3) is 0.111. The van der Waals surface area contributed by atoms with Crippen LogP contribution in [0.1, 0.15) is 16.1 Å². The van der Waals surface area contributed by atoms with Gasteiger partial charge in [-0.2, -0.15) is 0 Å². The quantitative estimate of drug-likeness (QED) is 0.807. The summed E-state index contributed by atoms with van der Waals surface area (Å²) in [6.07, 6.45) is 0. The van der Waals surface area contributed by atoms with Crippen molar-refractivity contribution in [2.24, 2.45) is 0 Å². The molecule has 0 aliphatic carbocycles. The lowest BCUT2D eigenvalue weighted by atomic mass is 10.0. The summed E-state index contributed by atoms with van der Waals surface area (Å²) in [5.74, 6) is -0.389. The van der Waals surface area contributed by atoms with Crippen LogP contribution in [-0.2, 0) is 0 Å². The number of aromatic carboxylic acids is 1. The number of benzene rings is 2. The second-order valence-electron chi connectivity index (χ2n) is 5.15. The van der Waals surface area contributed by atoms with Gasteiger partial charge in [0.15, 0.2) is 0 Å². The van der Waals surface area contributed by atoms with Crippen molar-refractivity contribution < 1.29 is 14.6 Å². The first kappa shape index (κ1) is 14.8. The molecule has 0 atom stereocenters. The van der Waals surface area contributed by atoms with E-state index in [1.807, 2.05) is 0 Å². The van der Waals surface area contributed by atoms with Gasteiger partial charge in [-0.25, -0.2) is 4.79 Å². The zero-order valence-electron chi connectivity index (χ0n) is 12.7. The van der Waals surface area contributed by atoms with Gasteiger partial charge in [-0.05, 0) is 37.3 Å². The molecular formula is C18H15NO4. The van der Waals surface area contributed by atoms with Crippen molar-refractivity contribution in [1.82, 2.24) is 4.57 Å². The molecule has 0 bridgehead atoms. The normalized spacial score (nSPS) is 10.7. The van der Waals surface area contributed by atoms with Crippen LogP contribution in [0.15, 0.2) is 53.3 Å². The molecule has 2 aromatic carbocycles. The summed E-state index contributed by atoms with van der Waals surface area (Å²) in [5.41, 5.74) is 0.886. The van der Waals surface area contributed by atoms with Crippen LogP contribution < -0.4 is 10.3 Å². The lowest BCUT2D eigenvalue weighted by Crippen LogP contribution is -2.24. The number of carboxylic acids is 1. The molecular weight excluding hydrogens is 294 g/mol. The number of nitrogens with zero attached hydrogens (tertiary/aromatic N) is 1. The van der Waals surface area contributed by atoms with Gasteiger partial charge in [-0.3, -0.25) is 9.36 Å². The SMILES string of the molecule is COc1ccc(-n2c(C)c(C(=O)O)c3ccccc3c2=O)cc1. The molecule has 1 heterocycles. The highest BCUT2D eigenvalue weighted by atomic mass is 16.5. The van der Waals surface area contributed by atoms with Crippen LogP contribution in [0.2, 0.25) is 0 Å². The maximum absolute atomic E-state index is 12.8. The van der Waals surface area contributed by atoms with E-state index in [2.05, 4.69) is 0 Å². The van der Waals surface area contributed by atoms with Crippen LogP contribution in [0.3, 0.4) is 0 Å². The van der Waals surface area contributed by atoms with E-state index in [0.29, 0.717) is 27.9 Å². The Hall–Kier alpha value is -3.08. The van der Waals surface area contributed by atoms with Crippen LogP contribution in [0.4, 0.5) is 0 Å². The van der Waals surface area contributed by atoms with E-state index in [9.17, 15) is 14.7 Å². The van der Waals surface area contributed by atoms with E-state index >= 15 is 0 Å². The zero-order valence-corrected chi connectivity index (χ0v) is 12.7. The van der Waals surface area contributed by atoms with Crippen molar-refractivity contribution in [1.29, 1.82) is 0 Å². The molecule has 0 saturated carbocycles. The third-order valence-corrected chi connectivity index (χ3v) is 3.87. The molecule has 5 heteroatoms. The third kappa shape index (κ3) is 2.36. The van der Waals surface area contributed by atoms with Crippen molar-refractivity contribution >= 4 is 16.7 Å². The number of rotatable bonds is 3. The second-order valence-corrected chi connectivity index (χ2v) is 5.15. The highest BCUT2D eigenvalue weighted by Gasteiger charge is 2.19. The first-order chi connectivity index (χ1) is 11.0. The van der Waals surface area contributed by atoms with Gasteiger partial charge in [0.05, 0.1) is 12.7 Å². The van der Waals surface area contributed by atoms with Crippen molar-refractivity contribution in [3.63, 3.8) is 0 Å². The fourth-order valence-electron chi connectivity index (χ4n) is 2.78. The van der Waals surface area contributed by atoms with Gasteiger partial charge < -0.3 is 9.84 Å². The van der Waals surface area contributed by atoms with Gasteiger partial charge in [-0.1, -0.05) is 18.2 Å². The highest BCUT2D eigenvalue weighted by molar-refractivity contribution is 6.04. The van der Waals surface area contributed by atoms with Gasteiger partial charge in [0.25, 0.3) is 5.56 Å². The molecule has 0 radical (unpaired) electrons. The fourth-order valence-corrected chi connectivity index (χ4v) is 2.78. The predicted molar refractivity (Wildman–Crippen MR) is 87.8 cm³/mol. The monoisotopic (exact) mass is 309 g/mol. The zero-order chi connectivity index (χ0) is 16.6. The number of fused-ring (bicyclic) bond motifs is 1. The average Bonchev–Trinajstić information content (AvgIpc) is 2.55. The molecule has 1 N–H and O–H groups in total. The minimum atomic E-state index is -1.05. The van der Waals surface area contributed by atoms with Crippen molar-refractivity contribution in [2.45, 2.75) is 6.92 Å². The Morgan fingerprint density at radius 3 is 2.22 bits per heavy atom. The predicted octanol–water partition coefficient (Wildman–Crippen LogP) is 3.01. The van der Waals surface area contributed by atoms with Gasteiger partial charge >= 0.3 is 5.97 Å². The number of carboxylic acid groups (broad SMARTS) is 1. The topological polar surface area (TPSA) is 68.5 Å². The average molecular weight is 309 g/mol. The first-order valence-electron chi connectivity index (χ1n) is 7.06. The summed E-state index contributed by atoms with van der Waals surface area (Å²) in [4.78, 5) is 24.5. The van der Waals surface area contributed by atoms with Crippen LogP contribution in [0, 0.1) is 6.92 Å². The number of hydrogen-bond acceptors (Lipinski definition) is 3. The van der Waals surface area contributed by atoms with Crippen LogP contribution in [0.25, 0.3) is 16.5 Å². The Morgan fingerprint density at radius 1 is 1.04 bits per heavy atom. The van der Waals surface area contributed by atoms with Crippen molar-refractivity contribution in [3.05, 3.63) is 70.1 Å². The Labute approximate surface area is 132 Å². The summed E-state index contributed by atoms with van der Waals surface area (Å²) in [7, 11) is 1.56. The minimum Gasteiger partial charge on any atom is -0.497 e. The summed E-state index contributed by atoms with van der Waals surface area (Å²) in [6, 6.07) is 13.7. The first-order valence-corrected chi connectivity index (χ1v) is 7.06. The number of methoxy groups -OCH3 is 1. The highest BCUT2D eigenvalue weighted by Crippen LogP contribution is 2.23. The molecule has 3 aromatic rings. The van der Waals surface area contributed by atoms with Crippen molar-refractivity contribution in [2.75, 3.05) is 7.11 Å². The van der Waals surface area contributed by atoms with Crippen LogP contribution >= 0.6 is 0 Å². The Morgan fingerprint density at radius 2 is 1.65 bits per heavy atom. The van der Waals surface area contributed by atoms with E-state index in [-0.39, 0.29) is 11.1 Å². The van der Waals surface area contributed by atoms with Gasteiger partial charge in [-0.15, -0.1) is 0 Å². The molecule has 3 rings (SSSR count). The number of aromatic nitrogens is 1. The second kappa shape index (κ2) is 5.61. The van der Waals surface area contributed by atoms with Gasteiger partial charge in [0.2, 0.25) is 0 Å². The lowest BCUT2D eigenvalue weighted by molar-refractivity contribution is 0.0697. The maximum atomic E-state index is 12.8. The molecule has 1 aromatic heterocycles. The Kier molecular flexibility index (Phi) is 3.62. The molecule has 23 heavy (non-hydrogen) atoms. The summed E-state index contributed by atoms with van der Waals surface area (Å²) < 4.78 is 6.54. The van der Waals surface area contributed by atoms with E-state index in [0.717, 1.165) is 0 Å². The maximum Gasteiger partial charge on any atom is 0.338 e. The largest absolute Gasteiger partial charge is 0.497 e. The Balaban J connectivity index is 2.40. The molecule has 0 aliphatic heterocycles. The van der Waals surface area contributed by atoms with E-state index in [1.165, 1.54) is 4.57 Å². The number of pyridine rings is 1. The minimum absolute atomic E-state index is 0.135. The van der Waals surface area contributed by atoms with Gasteiger partial charge in [0, 0.05) is 22.2 Å². The Bertz CT molecular complexity index is 955. The number of carbonyl (C=O) groups is 1. The molecule has 0 unspecified atom stereocenters. The molecule has 0 saturated heterocycles. The van der Waals surface area contributed by atoms with Crippen LogP contribution in [0.5, 0.6) is 5.75 Å². The molecule has 5 nitrogen and oxygen atoms in total. The summed E-state index contributed by atoms with van der Waals surface area (Å²) in [6.45, 7) is 1.64. The molecule has 0 amide bonds. The van der Waals surface area contributed by atoms with E-state index in [4.69, 9.17) is 4.74 Å². The lowest BCUT2D eigenvalue weighted by Gasteiger charge is -2.15. The summed E-state index contributed by atoms with van der Waals surface area (Å²) >= 11 is 0. The summed E-state index contributed by atoms with van der Waals surface area (Å²) in [5, 5.41) is 10.4. The number of hydrogen-bond donors (Lipinski definition) is 1. The third-order valence-electron chi connectivity index (χ3n) is 3.87. The number of ether oxygens (including phenoxy) is 1. The molecule has 0 spiro atoms. The molecule has 116 valence electrons. The van der Waals surface area contributed by atoms with Gasteiger partial charge in [0.1, 0.15) is 5.75 Å². The van der Waals surface area contributed by atoms with E-state index in [1.54, 1.807) is 62.6 Å². The van der Waals surface area contributed by atoms with Crippen LogP contribution in [-0.4, -0.2) is 22.8 Å². The smallest absolute Gasteiger partial charge is 0.338 e. The standard InChI is InChI=1S/C18H15NO4/c1-11-16(18(21)22)14-5-3-4-6-15(14)17(20)19(11)12-7-9-13(23-2)10-8-12/h3-10H,1-2H3,(H,21,22). The van der Waals surface area contributed by atoms with E-state index < -0.39 is 5.97 Å². The van der Waals surface area contributed by atoms with Crippen molar-refractivity contribution in [3.8, 4) is 11.4 Å².